The Morgan fingerprint density at radius 2 is 1.64 bits per heavy atom. The predicted octanol–water partition coefficient (Wildman–Crippen LogP) is 2.68. The zero-order valence-electron chi connectivity index (χ0n) is 21.7. The molecule has 0 saturated carbocycles. The van der Waals surface area contributed by atoms with Gasteiger partial charge in [0.2, 0.25) is 15.9 Å². The number of nitrogens with one attached hydrogen (secondary N) is 1. The number of methoxy groups -OCH3 is 1. The van der Waals surface area contributed by atoms with Crippen LogP contribution in [0.25, 0.3) is 11.1 Å². The fourth-order valence-electron chi connectivity index (χ4n) is 4.20. The van der Waals surface area contributed by atoms with Crippen molar-refractivity contribution in [2.75, 3.05) is 33.9 Å². The summed E-state index contributed by atoms with van der Waals surface area (Å²) < 4.78 is 38.9. The van der Waals surface area contributed by atoms with Gasteiger partial charge in [0.1, 0.15) is 37.4 Å². The zero-order valence-corrected chi connectivity index (χ0v) is 22.5. The molecule has 2 atom stereocenters. The largest absolute Gasteiger partial charge is 0.497 e. The highest BCUT2D eigenvalue weighted by Crippen LogP contribution is 2.28. The van der Waals surface area contributed by atoms with Crippen molar-refractivity contribution in [1.29, 1.82) is 0 Å². The number of hydrogen-bond acceptors (Lipinski definition) is 8. The van der Waals surface area contributed by atoms with Crippen LogP contribution in [0.15, 0.2) is 88.9 Å². The maximum atomic E-state index is 13.6. The van der Waals surface area contributed by atoms with Gasteiger partial charge in [0, 0.05) is 13.0 Å². The van der Waals surface area contributed by atoms with E-state index in [-0.39, 0.29) is 31.0 Å². The third kappa shape index (κ3) is 6.94. The maximum absolute atomic E-state index is 13.6. The first-order valence-corrected chi connectivity index (χ1v) is 13.7. The number of ether oxygens (including phenoxy) is 2. The molecule has 0 spiro atoms. The van der Waals surface area contributed by atoms with Crippen molar-refractivity contribution < 1.29 is 32.6 Å². The molecule has 4 rings (SSSR count). The van der Waals surface area contributed by atoms with Gasteiger partial charge in [-0.25, -0.2) is 8.42 Å². The highest BCUT2D eigenvalue weighted by molar-refractivity contribution is 7.89. The van der Waals surface area contributed by atoms with Crippen LogP contribution >= 0.6 is 0 Å². The first-order chi connectivity index (χ1) is 18.8. The molecule has 0 aromatic heterocycles. The summed E-state index contributed by atoms with van der Waals surface area (Å²) in [7, 11) is -1.11. The third-order valence-corrected chi connectivity index (χ3v) is 8.09. The number of sulfonamides is 1. The highest BCUT2D eigenvalue weighted by Gasteiger charge is 2.42. The summed E-state index contributed by atoms with van der Waals surface area (Å²) in [6.07, 6.45) is -0.945. The Kier molecular flexibility index (Phi) is 9.18. The molecule has 1 aliphatic heterocycles. The SMILES string of the molecule is CO/N=C1\CC(C(=O)NCC(O)COc2ccc(OC)cc2)N(S(=O)(=O)c2ccc(-c3ccccc3)cc2)C1. The Morgan fingerprint density at radius 3 is 2.28 bits per heavy atom. The molecule has 1 fully saturated rings. The summed E-state index contributed by atoms with van der Waals surface area (Å²) in [5, 5.41) is 16.8. The number of nitrogens with zero attached hydrogens (tertiary/aromatic N) is 2. The van der Waals surface area contributed by atoms with Gasteiger partial charge in [-0.3, -0.25) is 4.79 Å². The maximum Gasteiger partial charge on any atom is 0.244 e. The van der Waals surface area contributed by atoms with Gasteiger partial charge < -0.3 is 24.7 Å². The lowest BCUT2D eigenvalue weighted by Gasteiger charge is -2.23. The lowest BCUT2D eigenvalue weighted by Crippen LogP contribution is -2.48. The van der Waals surface area contributed by atoms with Crippen LogP contribution in [0.1, 0.15) is 6.42 Å². The van der Waals surface area contributed by atoms with Gasteiger partial charge in [0.05, 0.1) is 24.3 Å². The van der Waals surface area contributed by atoms with E-state index in [4.69, 9.17) is 14.3 Å². The molecule has 0 bridgehead atoms. The number of carbonyl (C=O) groups excluding carboxylic acids is 1. The Hall–Kier alpha value is -3.93. The molecular formula is C28H31N3O7S. The van der Waals surface area contributed by atoms with Crippen molar-refractivity contribution in [2.24, 2.45) is 5.16 Å². The molecule has 39 heavy (non-hydrogen) atoms. The normalized spacial score (nSPS) is 17.5. The second-order valence-corrected chi connectivity index (χ2v) is 10.8. The molecule has 2 unspecified atom stereocenters. The molecule has 1 amide bonds. The summed E-state index contributed by atoms with van der Waals surface area (Å²) in [4.78, 5) is 18.0. The molecule has 11 heteroatoms. The van der Waals surface area contributed by atoms with Gasteiger partial charge in [-0.15, -0.1) is 0 Å². The van der Waals surface area contributed by atoms with Crippen LogP contribution in [-0.2, 0) is 19.7 Å². The average Bonchev–Trinajstić information content (AvgIpc) is 3.41. The van der Waals surface area contributed by atoms with E-state index in [0.717, 1.165) is 15.4 Å². The second kappa shape index (κ2) is 12.7. The Balaban J connectivity index is 1.41. The molecule has 10 nitrogen and oxygen atoms in total. The lowest BCUT2D eigenvalue weighted by molar-refractivity contribution is -0.124. The number of rotatable bonds is 11. The fourth-order valence-corrected chi connectivity index (χ4v) is 5.77. The van der Waals surface area contributed by atoms with E-state index in [1.165, 1.54) is 19.2 Å². The van der Waals surface area contributed by atoms with Gasteiger partial charge in [-0.05, 0) is 47.5 Å². The van der Waals surface area contributed by atoms with E-state index in [1.54, 1.807) is 43.5 Å². The van der Waals surface area contributed by atoms with E-state index in [0.29, 0.717) is 17.2 Å². The molecule has 1 heterocycles. The minimum absolute atomic E-state index is 0.0616. The van der Waals surface area contributed by atoms with E-state index in [1.807, 2.05) is 30.3 Å². The number of aliphatic hydroxyl groups is 1. The number of aliphatic hydroxyl groups excluding tert-OH is 1. The monoisotopic (exact) mass is 553 g/mol. The summed E-state index contributed by atoms with van der Waals surface area (Å²) in [5.74, 6) is 0.659. The van der Waals surface area contributed by atoms with E-state index in [9.17, 15) is 18.3 Å². The summed E-state index contributed by atoms with van der Waals surface area (Å²) in [6.45, 7) is -0.275. The quantitative estimate of drug-likeness (QED) is 0.350. The van der Waals surface area contributed by atoms with Crippen LogP contribution in [0.3, 0.4) is 0 Å². The topological polar surface area (TPSA) is 127 Å². The van der Waals surface area contributed by atoms with E-state index >= 15 is 0 Å². The first kappa shape index (κ1) is 28.1. The first-order valence-electron chi connectivity index (χ1n) is 12.3. The minimum atomic E-state index is -4.03. The summed E-state index contributed by atoms with van der Waals surface area (Å²) in [6, 6.07) is 21.9. The van der Waals surface area contributed by atoms with Gasteiger partial charge in [-0.1, -0.05) is 47.6 Å². The number of hydrogen-bond donors (Lipinski definition) is 2. The van der Waals surface area contributed by atoms with Crippen molar-refractivity contribution in [1.82, 2.24) is 9.62 Å². The molecule has 2 N–H and O–H groups in total. The number of benzene rings is 3. The van der Waals surface area contributed by atoms with Crippen LogP contribution in [0, 0.1) is 0 Å². The number of amides is 1. The van der Waals surface area contributed by atoms with Crippen LogP contribution in [0.5, 0.6) is 11.5 Å². The number of carbonyl (C=O) groups is 1. The van der Waals surface area contributed by atoms with E-state index in [2.05, 4.69) is 10.5 Å². The Labute approximate surface area is 227 Å². The smallest absolute Gasteiger partial charge is 0.244 e. The molecular weight excluding hydrogens is 522 g/mol. The van der Waals surface area contributed by atoms with Crippen molar-refractivity contribution in [3.8, 4) is 22.6 Å². The third-order valence-electron chi connectivity index (χ3n) is 6.22. The minimum Gasteiger partial charge on any atom is -0.497 e. The molecule has 0 radical (unpaired) electrons. The van der Waals surface area contributed by atoms with Crippen LogP contribution < -0.4 is 14.8 Å². The van der Waals surface area contributed by atoms with Crippen molar-refractivity contribution in [3.05, 3.63) is 78.9 Å². The predicted molar refractivity (Wildman–Crippen MR) is 146 cm³/mol. The second-order valence-electron chi connectivity index (χ2n) is 8.89. The van der Waals surface area contributed by atoms with Gasteiger partial charge in [0.15, 0.2) is 0 Å². The highest BCUT2D eigenvalue weighted by atomic mass is 32.2. The van der Waals surface area contributed by atoms with Crippen molar-refractivity contribution in [3.63, 3.8) is 0 Å². The van der Waals surface area contributed by atoms with Gasteiger partial charge in [-0.2, -0.15) is 4.31 Å². The van der Waals surface area contributed by atoms with Crippen LogP contribution in [0.2, 0.25) is 0 Å². The zero-order chi connectivity index (χ0) is 27.8. The van der Waals surface area contributed by atoms with Crippen LogP contribution in [0.4, 0.5) is 0 Å². The fraction of sp³-hybridized carbons (Fsp3) is 0.286. The van der Waals surface area contributed by atoms with Crippen molar-refractivity contribution in [2.45, 2.75) is 23.5 Å². The Bertz CT molecular complexity index is 1380. The van der Waals surface area contributed by atoms with E-state index < -0.39 is 28.1 Å². The van der Waals surface area contributed by atoms with Crippen molar-refractivity contribution >= 4 is 21.6 Å². The lowest BCUT2D eigenvalue weighted by atomic mass is 10.1. The van der Waals surface area contributed by atoms with Gasteiger partial charge in [0.25, 0.3) is 0 Å². The molecule has 206 valence electrons. The average molecular weight is 554 g/mol. The number of oxime groups is 1. The standard InChI is InChI=1S/C28H31N3O7S/c1-36-24-10-12-25(13-11-24)38-19-23(32)17-29-28(33)27-16-22(30-37-2)18-31(27)39(34,35)26-14-8-21(9-15-26)20-6-4-3-5-7-20/h3-15,23,27,32H,16-19H2,1-2H3,(H,29,33)/b30-22+. The molecule has 1 aliphatic rings. The Morgan fingerprint density at radius 1 is 1.00 bits per heavy atom. The molecule has 1 saturated heterocycles. The van der Waals surface area contributed by atoms with Crippen LogP contribution in [-0.4, -0.2) is 75.5 Å². The molecule has 3 aromatic carbocycles. The summed E-state index contributed by atoms with van der Waals surface area (Å²) in [5.41, 5.74) is 2.26. The molecule has 0 aliphatic carbocycles. The summed E-state index contributed by atoms with van der Waals surface area (Å²) >= 11 is 0. The molecule has 3 aromatic rings. The van der Waals surface area contributed by atoms with Gasteiger partial charge >= 0.3 is 0 Å².